The van der Waals surface area contributed by atoms with Gasteiger partial charge in [-0.2, -0.15) is 0 Å². The van der Waals surface area contributed by atoms with Crippen LogP contribution in [0.4, 0.5) is 5.69 Å². The molecule has 8 heteroatoms. The molecule has 1 unspecified atom stereocenters. The fourth-order valence-electron chi connectivity index (χ4n) is 1.42. The van der Waals surface area contributed by atoms with Crippen molar-refractivity contribution in [3.8, 4) is 0 Å². The number of hydrogen-bond acceptors (Lipinski definition) is 4. The number of nitrogens with one attached hydrogen (secondary N) is 1. The molecule has 1 atom stereocenters. The van der Waals surface area contributed by atoms with Crippen molar-refractivity contribution in [2.75, 3.05) is 5.32 Å². The van der Waals surface area contributed by atoms with Crippen LogP contribution in [0.25, 0.3) is 0 Å². The highest BCUT2D eigenvalue weighted by molar-refractivity contribution is 8.00. The summed E-state index contributed by atoms with van der Waals surface area (Å²) in [5.41, 5.74) is 0.495. The molecule has 0 fully saturated rings. The van der Waals surface area contributed by atoms with Crippen LogP contribution in [0, 0.1) is 0 Å². The summed E-state index contributed by atoms with van der Waals surface area (Å²) in [6, 6.07) is 4.92. The third-order valence-corrected chi connectivity index (χ3v) is 4.22. The number of benzene rings is 1. The number of aromatic nitrogens is 3. The van der Waals surface area contributed by atoms with E-state index in [0.29, 0.717) is 20.9 Å². The first-order valence-corrected chi connectivity index (χ1v) is 7.37. The summed E-state index contributed by atoms with van der Waals surface area (Å²) in [6.07, 6.45) is 1.58. The van der Waals surface area contributed by atoms with Gasteiger partial charge >= 0.3 is 0 Å². The second kappa shape index (κ2) is 6.47. The van der Waals surface area contributed by atoms with Crippen molar-refractivity contribution >= 4 is 46.6 Å². The highest BCUT2D eigenvalue weighted by Crippen LogP contribution is 2.27. The molecule has 0 saturated carbocycles. The van der Waals surface area contributed by atoms with Crippen LogP contribution in [0.1, 0.15) is 6.92 Å². The van der Waals surface area contributed by atoms with Crippen LogP contribution < -0.4 is 5.32 Å². The number of rotatable bonds is 4. The van der Waals surface area contributed by atoms with Crippen LogP contribution in [-0.4, -0.2) is 25.9 Å². The summed E-state index contributed by atoms with van der Waals surface area (Å²) in [5, 5.41) is 11.7. The van der Waals surface area contributed by atoms with Crippen LogP contribution in [-0.2, 0) is 11.8 Å². The summed E-state index contributed by atoms with van der Waals surface area (Å²) in [6.45, 7) is 1.78. The molecule has 0 aliphatic heterocycles. The Morgan fingerprint density at radius 3 is 2.85 bits per heavy atom. The number of carbonyl (C=O) groups is 1. The third kappa shape index (κ3) is 3.65. The molecule has 106 valence electrons. The van der Waals surface area contributed by atoms with Crippen molar-refractivity contribution < 1.29 is 4.79 Å². The van der Waals surface area contributed by atoms with Crippen LogP contribution in [0.2, 0.25) is 10.0 Å². The average Bonchev–Trinajstić information content (AvgIpc) is 2.79. The minimum atomic E-state index is -0.340. The number of carbonyl (C=O) groups excluding carboxylic acids is 1. The highest BCUT2D eigenvalue weighted by Gasteiger charge is 2.18. The standard InChI is InChI=1S/C12H12Cl2N4OS/c1-7(20-12-17-15-6-18(12)2)11(19)16-10-5-8(13)3-4-9(10)14/h3-7H,1-2H3,(H,16,19). The van der Waals surface area contributed by atoms with E-state index in [-0.39, 0.29) is 11.2 Å². The Kier molecular flexibility index (Phi) is 4.91. The topological polar surface area (TPSA) is 59.8 Å². The second-order valence-electron chi connectivity index (χ2n) is 4.10. The molecule has 1 aromatic carbocycles. The van der Waals surface area contributed by atoms with Crippen LogP contribution in [0.3, 0.4) is 0 Å². The maximum atomic E-state index is 12.1. The summed E-state index contributed by atoms with van der Waals surface area (Å²) in [4.78, 5) is 12.1. The van der Waals surface area contributed by atoms with E-state index in [9.17, 15) is 4.79 Å². The summed E-state index contributed by atoms with van der Waals surface area (Å²) in [7, 11) is 1.82. The molecule has 0 radical (unpaired) electrons. The average molecular weight is 331 g/mol. The van der Waals surface area contributed by atoms with E-state index >= 15 is 0 Å². The predicted molar refractivity (Wildman–Crippen MR) is 81.4 cm³/mol. The molecule has 0 bridgehead atoms. The lowest BCUT2D eigenvalue weighted by molar-refractivity contribution is -0.115. The normalized spacial score (nSPS) is 12.2. The van der Waals surface area contributed by atoms with Crippen molar-refractivity contribution in [3.05, 3.63) is 34.6 Å². The Hall–Kier alpha value is -1.24. The van der Waals surface area contributed by atoms with Crippen LogP contribution in [0.15, 0.2) is 29.7 Å². The molecule has 5 nitrogen and oxygen atoms in total. The van der Waals surface area contributed by atoms with Crippen LogP contribution >= 0.6 is 35.0 Å². The molecule has 2 aromatic rings. The third-order valence-electron chi connectivity index (χ3n) is 2.51. The Balaban J connectivity index is 2.04. The Morgan fingerprint density at radius 2 is 2.20 bits per heavy atom. The van der Waals surface area contributed by atoms with Crippen molar-refractivity contribution in [2.45, 2.75) is 17.3 Å². The van der Waals surface area contributed by atoms with Gasteiger partial charge in [0.1, 0.15) is 6.33 Å². The number of nitrogens with zero attached hydrogens (tertiary/aromatic N) is 3. The Morgan fingerprint density at radius 1 is 1.45 bits per heavy atom. The largest absolute Gasteiger partial charge is 0.324 e. The molecule has 0 aliphatic carbocycles. The molecule has 1 N–H and O–H groups in total. The number of anilines is 1. The van der Waals surface area contributed by atoms with Gasteiger partial charge in [0, 0.05) is 12.1 Å². The predicted octanol–water partition coefficient (Wildman–Crippen LogP) is 3.24. The van der Waals surface area contributed by atoms with E-state index in [4.69, 9.17) is 23.2 Å². The molecule has 20 heavy (non-hydrogen) atoms. The van der Waals surface area contributed by atoms with Crippen LogP contribution in [0.5, 0.6) is 0 Å². The smallest absolute Gasteiger partial charge is 0.237 e. The van der Waals surface area contributed by atoms with Gasteiger partial charge in [0.15, 0.2) is 5.16 Å². The van der Waals surface area contributed by atoms with Gasteiger partial charge in [0.25, 0.3) is 0 Å². The van der Waals surface area contributed by atoms with Gasteiger partial charge in [0.05, 0.1) is 16.0 Å². The van der Waals surface area contributed by atoms with Gasteiger partial charge in [-0.1, -0.05) is 35.0 Å². The molecular formula is C12H12Cl2N4OS. The molecule has 1 heterocycles. The number of hydrogen-bond donors (Lipinski definition) is 1. The Bertz CT molecular complexity index is 632. The zero-order chi connectivity index (χ0) is 14.7. The van der Waals surface area contributed by atoms with E-state index in [1.807, 2.05) is 7.05 Å². The second-order valence-corrected chi connectivity index (χ2v) is 6.25. The fourth-order valence-corrected chi connectivity index (χ4v) is 2.55. The van der Waals surface area contributed by atoms with Gasteiger partial charge in [-0.05, 0) is 25.1 Å². The number of halogens is 2. The van der Waals surface area contributed by atoms with Gasteiger partial charge < -0.3 is 9.88 Å². The fraction of sp³-hybridized carbons (Fsp3) is 0.250. The maximum absolute atomic E-state index is 12.1. The zero-order valence-corrected chi connectivity index (χ0v) is 13.1. The monoisotopic (exact) mass is 330 g/mol. The molecule has 1 aromatic heterocycles. The number of amides is 1. The van der Waals surface area contributed by atoms with E-state index in [1.54, 1.807) is 36.0 Å². The van der Waals surface area contributed by atoms with E-state index in [0.717, 1.165) is 0 Å². The molecule has 0 spiro atoms. The van der Waals surface area contributed by atoms with Gasteiger partial charge in [-0.25, -0.2) is 0 Å². The highest BCUT2D eigenvalue weighted by atomic mass is 35.5. The quantitative estimate of drug-likeness (QED) is 0.874. The first-order chi connectivity index (χ1) is 9.47. The molecule has 0 saturated heterocycles. The van der Waals surface area contributed by atoms with Crippen molar-refractivity contribution in [1.29, 1.82) is 0 Å². The summed E-state index contributed by atoms with van der Waals surface area (Å²) in [5.74, 6) is -0.179. The molecule has 1 amide bonds. The molecule has 2 rings (SSSR count). The minimum absolute atomic E-state index is 0.179. The van der Waals surface area contributed by atoms with Gasteiger partial charge in [0.2, 0.25) is 5.91 Å². The van der Waals surface area contributed by atoms with Gasteiger partial charge in [-0.15, -0.1) is 10.2 Å². The number of aryl methyl sites for hydroxylation is 1. The van der Waals surface area contributed by atoms with Crippen molar-refractivity contribution in [2.24, 2.45) is 7.05 Å². The van der Waals surface area contributed by atoms with E-state index in [2.05, 4.69) is 15.5 Å². The molecule has 0 aliphatic rings. The zero-order valence-electron chi connectivity index (χ0n) is 10.8. The first-order valence-electron chi connectivity index (χ1n) is 5.74. The van der Waals surface area contributed by atoms with E-state index < -0.39 is 0 Å². The molecular weight excluding hydrogens is 319 g/mol. The SMILES string of the molecule is CC(Sc1nncn1C)C(=O)Nc1cc(Cl)ccc1Cl. The Labute approximate surface area is 130 Å². The lowest BCUT2D eigenvalue weighted by atomic mass is 10.3. The summed E-state index contributed by atoms with van der Waals surface area (Å²) >= 11 is 13.2. The lowest BCUT2D eigenvalue weighted by Crippen LogP contribution is -2.23. The number of thioether (sulfide) groups is 1. The first kappa shape index (κ1) is 15.2. The lowest BCUT2D eigenvalue weighted by Gasteiger charge is -2.12. The minimum Gasteiger partial charge on any atom is -0.324 e. The van der Waals surface area contributed by atoms with E-state index in [1.165, 1.54) is 11.8 Å². The van der Waals surface area contributed by atoms with Crippen molar-refractivity contribution in [3.63, 3.8) is 0 Å². The van der Waals surface area contributed by atoms with Crippen molar-refractivity contribution in [1.82, 2.24) is 14.8 Å². The summed E-state index contributed by atoms with van der Waals surface area (Å²) < 4.78 is 1.75. The van der Waals surface area contributed by atoms with Gasteiger partial charge in [-0.3, -0.25) is 4.79 Å². The maximum Gasteiger partial charge on any atom is 0.237 e.